The van der Waals surface area contributed by atoms with Crippen molar-refractivity contribution in [2.45, 2.75) is 0 Å². The lowest BCUT2D eigenvalue weighted by Gasteiger charge is -2.18. The molecular formula is C58H46BrN5O13. The highest BCUT2D eigenvalue weighted by atomic mass is 79.9. The van der Waals surface area contributed by atoms with Gasteiger partial charge in [-0.2, -0.15) is 0 Å². The van der Waals surface area contributed by atoms with Gasteiger partial charge in [0.25, 0.3) is 29.5 Å². The van der Waals surface area contributed by atoms with E-state index in [1.807, 2.05) is 18.2 Å². The topological polar surface area (TPSA) is 240 Å². The Hall–Kier alpha value is -9.88. The number of nitrogens with one attached hydrogen (secondary N) is 3. The Labute approximate surface area is 449 Å². The summed E-state index contributed by atoms with van der Waals surface area (Å²) < 4.78 is 32.3. The third-order valence-corrected chi connectivity index (χ3v) is 11.9. The van der Waals surface area contributed by atoms with Crippen molar-refractivity contribution in [2.75, 3.05) is 56.6 Å². The van der Waals surface area contributed by atoms with Gasteiger partial charge in [0.2, 0.25) is 0 Å². The van der Waals surface area contributed by atoms with Gasteiger partial charge in [-0.15, -0.1) is 0 Å². The minimum absolute atomic E-state index is 0.00136. The van der Waals surface area contributed by atoms with E-state index in [4.69, 9.17) is 28.4 Å². The summed E-state index contributed by atoms with van der Waals surface area (Å²) in [4.78, 5) is 81.1. The molecule has 6 aromatic carbocycles. The van der Waals surface area contributed by atoms with E-state index in [1.54, 1.807) is 146 Å². The first-order valence-electron chi connectivity index (χ1n) is 23.5. The van der Waals surface area contributed by atoms with Gasteiger partial charge in [0, 0.05) is 44.7 Å². The number of hydrogen-bond acceptors (Lipinski definition) is 14. The largest absolute Gasteiger partial charge is 0.484 e. The highest BCUT2D eigenvalue weighted by molar-refractivity contribution is 9.10. The molecule has 0 saturated heterocycles. The van der Waals surface area contributed by atoms with Crippen LogP contribution >= 0.6 is 15.9 Å². The lowest BCUT2D eigenvalue weighted by Crippen LogP contribution is -2.16. The van der Waals surface area contributed by atoms with Gasteiger partial charge in [-0.25, -0.2) is 24.4 Å². The van der Waals surface area contributed by atoms with E-state index in [-0.39, 0.29) is 34.5 Å². The standard InChI is InChI=1S/C22H18N2O5.C21H16N2O5.C15H12BrNO3/c1-27-22(26)17-8-7-15(16-12-19-21(23-13-16)29-10-9-28-19)11-18(17)24-20(25)14-5-3-2-4-6-14;24-19(13-4-2-1-3-5-13)23-17-10-14(6-7-16(17)21(25)26)15-11-18-20(22-12-15)28-9-8-27-18;1-20-15(19)12-8-7-11(16)9-13(12)17-14(18)10-5-3-2-4-6-10/h2-8,11-13H,9-10H2,1H3,(H,24,25);1-7,10-12H,8-9H2,(H,23,24)(H,25,26);2-9H,1H3,(H,17,18). The molecule has 0 unspecified atom stereocenters. The third-order valence-electron chi connectivity index (χ3n) is 11.4. The Bertz CT molecular complexity index is 3470. The molecule has 19 heteroatoms. The molecule has 388 valence electrons. The van der Waals surface area contributed by atoms with Gasteiger partial charge in [0.1, 0.15) is 26.4 Å². The number of halogens is 1. The van der Waals surface area contributed by atoms with Crippen LogP contribution in [0.4, 0.5) is 17.1 Å². The molecule has 0 spiro atoms. The summed E-state index contributed by atoms with van der Waals surface area (Å²) in [6.07, 6.45) is 3.27. The van der Waals surface area contributed by atoms with E-state index >= 15 is 0 Å². The second kappa shape index (κ2) is 25.4. The summed E-state index contributed by atoms with van der Waals surface area (Å²) in [5.74, 6) is -1.21. The van der Waals surface area contributed by atoms with Crippen molar-refractivity contribution < 1.29 is 62.3 Å². The number of nitrogens with zero attached hydrogens (tertiary/aromatic N) is 2. The predicted octanol–water partition coefficient (Wildman–Crippen LogP) is 10.5. The number of carboxylic acid groups (broad SMARTS) is 1. The van der Waals surface area contributed by atoms with Gasteiger partial charge in [-0.05, 0) is 102 Å². The number of carbonyl (C=O) groups excluding carboxylic acids is 5. The van der Waals surface area contributed by atoms with Crippen LogP contribution in [-0.2, 0) is 9.47 Å². The monoisotopic (exact) mass is 1100 g/mol. The molecule has 0 saturated carbocycles. The second-order valence-electron chi connectivity index (χ2n) is 16.4. The average molecular weight is 1100 g/mol. The minimum atomic E-state index is -1.13. The van der Waals surface area contributed by atoms with Crippen LogP contribution in [-0.4, -0.2) is 91.4 Å². The fourth-order valence-corrected chi connectivity index (χ4v) is 7.93. The average Bonchev–Trinajstić information content (AvgIpc) is 3.47. The van der Waals surface area contributed by atoms with Crippen LogP contribution < -0.4 is 34.9 Å². The van der Waals surface area contributed by atoms with Crippen LogP contribution in [0.5, 0.6) is 23.3 Å². The van der Waals surface area contributed by atoms with Crippen LogP contribution in [0.2, 0.25) is 0 Å². The molecule has 0 aliphatic carbocycles. The molecule has 0 radical (unpaired) electrons. The molecule has 0 bridgehead atoms. The van der Waals surface area contributed by atoms with Crippen molar-refractivity contribution in [3.8, 4) is 45.5 Å². The van der Waals surface area contributed by atoms with Gasteiger partial charge >= 0.3 is 17.9 Å². The summed E-state index contributed by atoms with van der Waals surface area (Å²) >= 11 is 3.31. The number of aromatic nitrogens is 2. The lowest BCUT2D eigenvalue weighted by molar-refractivity contribution is 0.0592. The summed E-state index contributed by atoms with van der Waals surface area (Å²) in [5.41, 5.74) is 5.88. The Morgan fingerprint density at radius 1 is 0.455 bits per heavy atom. The Kier molecular flexibility index (Phi) is 17.6. The Balaban J connectivity index is 0.000000156. The molecule has 3 amide bonds. The van der Waals surface area contributed by atoms with Gasteiger partial charge in [0.15, 0.2) is 11.5 Å². The number of carboxylic acids is 1. The third kappa shape index (κ3) is 13.7. The van der Waals surface area contributed by atoms with Gasteiger partial charge in [-0.3, -0.25) is 14.4 Å². The van der Waals surface area contributed by atoms with Crippen molar-refractivity contribution in [3.63, 3.8) is 0 Å². The number of carbonyl (C=O) groups is 6. The van der Waals surface area contributed by atoms with Crippen molar-refractivity contribution in [1.82, 2.24) is 9.97 Å². The minimum Gasteiger partial charge on any atom is -0.484 e. The first-order chi connectivity index (χ1) is 37.4. The quantitative estimate of drug-likeness (QED) is 0.0881. The summed E-state index contributed by atoms with van der Waals surface area (Å²) in [6.45, 7) is 1.80. The van der Waals surface area contributed by atoms with Crippen LogP contribution in [0.25, 0.3) is 22.3 Å². The first-order valence-corrected chi connectivity index (χ1v) is 24.3. The molecule has 2 aromatic heterocycles. The Morgan fingerprint density at radius 2 is 0.818 bits per heavy atom. The number of rotatable bonds is 11. The summed E-state index contributed by atoms with van der Waals surface area (Å²) in [5, 5.41) is 17.7. The number of amides is 3. The highest BCUT2D eigenvalue weighted by Gasteiger charge is 2.21. The molecule has 77 heavy (non-hydrogen) atoms. The fraction of sp³-hybridized carbons (Fsp3) is 0.103. The number of ether oxygens (including phenoxy) is 6. The van der Waals surface area contributed by atoms with Crippen LogP contribution in [0, 0.1) is 0 Å². The number of benzene rings is 6. The SMILES string of the molecule is COC(=O)c1ccc(-c2cnc3c(c2)OCCO3)cc1NC(=O)c1ccccc1.COC(=O)c1ccc(Br)cc1NC(=O)c1ccccc1.O=C(Nc1cc(-c2cnc3c(c2)OCCO3)ccc1C(=O)O)c1ccccc1. The molecule has 0 atom stereocenters. The molecule has 4 heterocycles. The summed E-state index contributed by atoms with van der Waals surface area (Å²) in [7, 11) is 2.59. The summed E-state index contributed by atoms with van der Waals surface area (Å²) in [6, 6.07) is 44.5. The molecule has 2 aliphatic rings. The number of anilines is 3. The van der Waals surface area contributed by atoms with E-state index in [9.17, 15) is 33.9 Å². The van der Waals surface area contributed by atoms with Crippen molar-refractivity contribution in [1.29, 1.82) is 0 Å². The van der Waals surface area contributed by atoms with Crippen molar-refractivity contribution in [2.24, 2.45) is 0 Å². The highest BCUT2D eigenvalue weighted by Crippen LogP contribution is 2.36. The fourth-order valence-electron chi connectivity index (χ4n) is 7.57. The van der Waals surface area contributed by atoms with Gasteiger partial charge in [0.05, 0.1) is 48.0 Å². The zero-order valence-corrected chi connectivity index (χ0v) is 42.7. The molecule has 10 rings (SSSR count). The Morgan fingerprint density at radius 3 is 1.22 bits per heavy atom. The molecule has 8 aromatic rings. The van der Waals surface area contributed by atoms with Crippen LogP contribution in [0.1, 0.15) is 62.1 Å². The second-order valence-corrected chi connectivity index (χ2v) is 17.3. The number of esters is 2. The smallest absolute Gasteiger partial charge is 0.339 e. The van der Waals surface area contributed by atoms with Crippen molar-refractivity contribution >= 4 is 68.6 Å². The van der Waals surface area contributed by atoms with Crippen LogP contribution in [0.3, 0.4) is 0 Å². The number of hydrogen-bond donors (Lipinski definition) is 4. The predicted molar refractivity (Wildman–Crippen MR) is 288 cm³/mol. The zero-order valence-electron chi connectivity index (χ0n) is 41.1. The number of methoxy groups -OCH3 is 2. The lowest BCUT2D eigenvalue weighted by atomic mass is 10.0. The van der Waals surface area contributed by atoms with E-state index in [2.05, 4.69) is 41.8 Å². The maximum Gasteiger partial charge on any atom is 0.339 e. The van der Waals surface area contributed by atoms with Gasteiger partial charge in [-0.1, -0.05) is 82.7 Å². The first kappa shape index (κ1) is 53.4. The maximum atomic E-state index is 12.6. The van der Waals surface area contributed by atoms with Crippen LogP contribution in [0.15, 0.2) is 175 Å². The van der Waals surface area contributed by atoms with E-state index in [1.165, 1.54) is 20.3 Å². The van der Waals surface area contributed by atoms with E-state index in [0.29, 0.717) is 88.9 Å². The normalized spacial score (nSPS) is 11.6. The molecule has 2 aliphatic heterocycles. The molecular weight excluding hydrogens is 1050 g/mol. The number of fused-ring (bicyclic) bond motifs is 2. The van der Waals surface area contributed by atoms with Gasteiger partial charge < -0.3 is 49.5 Å². The number of aromatic carboxylic acids is 1. The van der Waals surface area contributed by atoms with E-state index in [0.717, 1.165) is 21.2 Å². The molecule has 0 fully saturated rings. The molecule has 18 nitrogen and oxygen atoms in total. The molecule has 4 N–H and O–H groups in total. The maximum absolute atomic E-state index is 12.6. The zero-order chi connectivity index (χ0) is 54.3. The number of pyridine rings is 2. The van der Waals surface area contributed by atoms with Crippen molar-refractivity contribution in [3.05, 3.63) is 208 Å². The van der Waals surface area contributed by atoms with E-state index < -0.39 is 17.9 Å².